The average Bonchev–Trinajstić information content (AvgIpc) is 3.51. The maximum absolute atomic E-state index is 14.2. The third kappa shape index (κ3) is 7.79. The predicted octanol–water partition coefficient (Wildman–Crippen LogP) is 5.91. The van der Waals surface area contributed by atoms with Crippen LogP contribution in [0.2, 0.25) is 0 Å². The second-order valence-electron chi connectivity index (χ2n) is 11.3. The average molecular weight is 590 g/mol. The quantitative estimate of drug-likeness (QED) is 0.268. The highest BCUT2D eigenvalue weighted by atomic mass is 32.2. The van der Waals surface area contributed by atoms with Gasteiger partial charge in [0.25, 0.3) is 10.0 Å². The van der Waals surface area contributed by atoms with E-state index in [4.69, 9.17) is 0 Å². The minimum Gasteiger partial charge on any atom is -0.352 e. The number of rotatable bonds is 13. The maximum atomic E-state index is 14.2. The number of amides is 2. The van der Waals surface area contributed by atoms with Gasteiger partial charge in [-0.2, -0.15) is 0 Å². The van der Waals surface area contributed by atoms with E-state index >= 15 is 0 Å². The SMILES string of the molecule is CC[C@H](C(=O)NC1CCCC1)N(CCc1ccccc1)C(=O)CN(c1ccc(C(C)C)cc1)S(=O)(=O)c1ccccc1. The molecule has 0 bridgehead atoms. The van der Waals surface area contributed by atoms with Crippen LogP contribution >= 0.6 is 0 Å². The number of benzene rings is 3. The normalized spacial score (nSPS) is 14.5. The Hall–Kier alpha value is -3.65. The van der Waals surface area contributed by atoms with Gasteiger partial charge in [0.15, 0.2) is 0 Å². The highest BCUT2D eigenvalue weighted by molar-refractivity contribution is 7.92. The van der Waals surface area contributed by atoms with Gasteiger partial charge in [0, 0.05) is 12.6 Å². The van der Waals surface area contributed by atoms with Crippen LogP contribution in [0.1, 0.15) is 69.9 Å². The van der Waals surface area contributed by atoms with Gasteiger partial charge in [0.1, 0.15) is 12.6 Å². The van der Waals surface area contributed by atoms with Crippen molar-refractivity contribution in [2.24, 2.45) is 0 Å². The lowest BCUT2D eigenvalue weighted by molar-refractivity contribution is -0.139. The molecule has 0 unspecified atom stereocenters. The Morgan fingerprint density at radius 1 is 0.881 bits per heavy atom. The van der Waals surface area contributed by atoms with Crippen LogP contribution in [-0.2, 0) is 26.0 Å². The summed E-state index contributed by atoms with van der Waals surface area (Å²) in [5.41, 5.74) is 2.52. The smallest absolute Gasteiger partial charge is 0.264 e. The molecular formula is C34H43N3O4S. The number of carbonyl (C=O) groups excluding carboxylic acids is 2. The lowest BCUT2D eigenvalue weighted by atomic mass is 10.0. The van der Waals surface area contributed by atoms with Crippen LogP contribution in [0.15, 0.2) is 89.8 Å². The van der Waals surface area contributed by atoms with Gasteiger partial charge in [-0.1, -0.05) is 94.3 Å². The zero-order valence-electron chi connectivity index (χ0n) is 24.9. The fourth-order valence-electron chi connectivity index (χ4n) is 5.54. The molecule has 1 aliphatic carbocycles. The second kappa shape index (κ2) is 14.5. The highest BCUT2D eigenvalue weighted by Gasteiger charge is 2.34. The Morgan fingerprint density at radius 2 is 1.48 bits per heavy atom. The van der Waals surface area contributed by atoms with E-state index in [1.807, 2.05) is 49.4 Å². The molecule has 3 aromatic carbocycles. The number of sulfonamides is 1. The Labute approximate surface area is 251 Å². The molecule has 1 saturated carbocycles. The van der Waals surface area contributed by atoms with E-state index in [2.05, 4.69) is 19.2 Å². The summed E-state index contributed by atoms with van der Waals surface area (Å²) in [6.45, 7) is 5.92. The van der Waals surface area contributed by atoms with Crippen molar-refractivity contribution in [3.05, 3.63) is 96.1 Å². The molecule has 7 nitrogen and oxygen atoms in total. The van der Waals surface area contributed by atoms with Crippen molar-refractivity contribution in [3.8, 4) is 0 Å². The van der Waals surface area contributed by atoms with Crippen molar-refractivity contribution < 1.29 is 18.0 Å². The monoisotopic (exact) mass is 589 g/mol. The van der Waals surface area contributed by atoms with Gasteiger partial charge in [-0.05, 0) is 67.0 Å². The fraction of sp³-hybridized carbons (Fsp3) is 0.412. The summed E-state index contributed by atoms with van der Waals surface area (Å²) in [7, 11) is -4.07. The molecule has 0 heterocycles. The standard InChI is InChI=1S/C34H43N3O4S/c1-4-32(34(39)35-29-15-11-12-16-29)36(24-23-27-13-7-5-8-14-27)33(38)25-37(30-21-19-28(20-22-30)26(2)3)42(40,41)31-17-9-6-10-18-31/h5-10,13-14,17-22,26,29,32H,4,11-12,15-16,23-25H2,1-3H3,(H,35,39)/t32-/m1/s1. The maximum Gasteiger partial charge on any atom is 0.264 e. The molecule has 1 atom stereocenters. The fourth-order valence-corrected chi connectivity index (χ4v) is 6.97. The predicted molar refractivity (Wildman–Crippen MR) is 168 cm³/mol. The highest BCUT2D eigenvalue weighted by Crippen LogP contribution is 2.27. The molecule has 42 heavy (non-hydrogen) atoms. The number of nitrogens with zero attached hydrogens (tertiary/aromatic N) is 2. The first-order valence-electron chi connectivity index (χ1n) is 15.0. The molecule has 0 aromatic heterocycles. The van der Waals surface area contributed by atoms with Crippen LogP contribution in [-0.4, -0.2) is 50.3 Å². The Balaban J connectivity index is 1.67. The molecule has 0 saturated heterocycles. The van der Waals surface area contributed by atoms with Crippen LogP contribution in [0.4, 0.5) is 5.69 Å². The van der Waals surface area contributed by atoms with Crippen molar-refractivity contribution in [1.29, 1.82) is 0 Å². The van der Waals surface area contributed by atoms with Crippen molar-refractivity contribution in [3.63, 3.8) is 0 Å². The van der Waals surface area contributed by atoms with Crippen LogP contribution in [0.5, 0.6) is 0 Å². The van der Waals surface area contributed by atoms with Crippen LogP contribution < -0.4 is 9.62 Å². The summed E-state index contributed by atoms with van der Waals surface area (Å²) in [5, 5.41) is 3.16. The van der Waals surface area contributed by atoms with Crippen molar-refractivity contribution in [1.82, 2.24) is 10.2 Å². The number of carbonyl (C=O) groups is 2. The lowest BCUT2D eigenvalue weighted by Crippen LogP contribution is -2.54. The van der Waals surface area contributed by atoms with E-state index in [0.29, 0.717) is 25.1 Å². The molecule has 2 amide bonds. The van der Waals surface area contributed by atoms with Gasteiger partial charge in [-0.25, -0.2) is 8.42 Å². The summed E-state index contributed by atoms with van der Waals surface area (Å²) < 4.78 is 29.1. The number of anilines is 1. The molecule has 8 heteroatoms. The van der Waals surface area contributed by atoms with Crippen LogP contribution in [0.25, 0.3) is 0 Å². The van der Waals surface area contributed by atoms with E-state index in [1.54, 1.807) is 35.2 Å². The van der Waals surface area contributed by atoms with Gasteiger partial charge in [0.2, 0.25) is 11.8 Å². The molecule has 224 valence electrons. The zero-order chi connectivity index (χ0) is 30.1. The summed E-state index contributed by atoms with van der Waals surface area (Å²) in [4.78, 5) is 29.4. The summed E-state index contributed by atoms with van der Waals surface area (Å²) in [6, 6.07) is 24.7. The first-order chi connectivity index (χ1) is 20.2. The van der Waals surface area contributed by atoms with E-state index in [9.17, 15) is 18.0 Å². The minimum absolute atomic E-state index is 0.104. The number of hydrogen-bond acceptors (Lipinski definition) is 4. The van der Waals surface area contributed by atoms with Crippen LogP contribution in [0.3, 0.4) is 0 Å². The Bertz CT molecular complexity index is 1400. The third-order valence-electron chi connectivity index (χ3n) is 8.03. The second-order valence-corrected chi connectivity index (χ2v) is 13.2. The van der Waals surface area contributed by atoms with Gasteiger partial charge < -0.3 is 10.2 Å². The molecule has 0 aliphatic heterocycles. The van der Waals surface area contributed by atoms with E-state index in [-0.39, 0.29) is 22.8 Å². The molecule has 0 spiro atoms. The summed E-state index contributed by atoms with van der Waals surface area (Å²) >= 11 is 0. The van der Waals surface area contributed by atoms with Crippen molar-refractivity contribution in [2.45, 2.75) is 82.2 Å². The van der Waals surface area contributed by atoms with Crippen molar-refractivity contribution >= 4 is 27.5 Å². The van der Waals surface area contributed by atoms with E-state index in [1.165, 1.54) is 16.4 Å². The lowest BCUT2D eigenvalue weighted by Gasteiger charge is -2.33. The molecule has 1 fully saturated rings. The van der Waals surface area contributed by atoms with Gasteiger partial charge in [-0.3, -0.25) is 13.9 Å². The van der Waals surface area contributed by atoms with Gasteiger partial charge >= 0.3 is 0 Å². The first kappa shape index (κ1) is 31.3. The Morgan fingerprint density at radius 3 is 2.05 bits per heavy atom. The number of nitrogens with one attached hydrogen (secondary N) is 1. The molecule has 4 rings (SSSR count). The van der Waals surface area contributed by atoms with Gasteiger partial charge in [0.05, 0.1) is 10.6 Å². The molecular weight excluding hydrogens is 546 g/mol. The summed E-state index contributed by atoms with van der Waals surface area (Å²) in [6.07, 6.45) is 5.02. The minimum atomic E-state index is -4.07. The van der Waals surface area contributed by atoms with E-state index < -0.39 is 28.5 Å². The van der Waals surface area contributed by atoms with Crippen LogP contribution in [0, 0.1) is 0 Å². The topological polar surface area (TPSA) is 86.8 Å². The molecule has 3 aromatic rings. The largest absolute Gasteiger partial charge is 0.352 e. The summed E-state index contributed by atoms with van der Waals surface area (Å²) in [5.74, 6) is -0.312. The molecule has 1 N–H and O–H groups in total. The Kier molecular flexibility index (Phi) is 10.8. The molecule has 0 radical (unpaired) electrons. The number of hydrogen-bond donors (Lipinski definition) is 1. The molecule has 1 aliphatic rings. The van der Waals surface area contributed by atoms with E-state index in [0.717, 1.165) is 36.8 Å². The van der Waals surface area contributed by atoms with Gasteiger partial charge in [-0.15, -0.1) is 0 Å². The first-order valence-corrected chi connectivity index (χ1v) is 16.5. The third-order valence-corrected chi connectivity index (χ3v) is 9.82. The van der Waals surface area contributed by atoms with Crippen molar-refractivity contribution in [2.75, 3.05) is 17.4 Å². The zero-order valence-corrected chi connectivity index (χ0v) is 25.7.